The Morgan fingerprint density at radius 3 is 2.61 bits per heavy atom. The van der Waals surface area contributed by atoms with Crippen molar-refractivity contribution in [3.63, 3.8) is 0 Å². The zero-order valence-electron chi connectivity index (χ0n) is 11.5. The van der Waals surface area contributed by atoms with Crippen LogP contribution in [-0.4, -0.2) is 12.6 Å². The number of esters is 1. The van der Waals surface area contributed by atoms with E-state index in [1.54, 1.807) is 6.92 Å². The van der Waals surface area contributed by atoms with Crippen LogP contribution in [-0.2, 0) is 9.53 Å². The minimum Gasteiger partial charge on any atom is -0.462 e. The quantitative estimate of drug-likeness (QED) is 0.565. The molecule has 0 spiro atoms. The van der Waals surface area contributed by atoms with Crippen LogP contribution in [0.5, 0.6) is 0 Å². The lowest BCUT2D eigenvalue weighted by atomic mass is 9.77. The van der Waals surface area contributed by atoms with E-state index in [1.807, 2.05) is 0 Å². The topological polar surface area (TPSA) is 26.3 Å². The third-order valence-electron chi connectivity index (χ3n) is 5.70. The van der Waals surface area contributed by atoms with Crippen LogP contribution in [0.25, 0.3) is 0 Å². The van der Waals surface area contributed by atoms with Crippen LogP contribution in [0.2, 0.25) is 0 Å². The Hall–Kier alpha value is -0.790. The van der Waals surface area contributed by atoms with Crippen molar-refractivity contribution in [3.05, 3.63) is 12.2 Å². The Balaban J connectivity index is 1.54. The fraction of sp³-hybridized carbons (Fsp3) is 0.812. The fourth-order valence-corrected chi connectivity index (χ4v) is 4.98. The molecule has 0 aliphatic heterocycles. The largest absolute Gasteiger partial charge is 0.462 e. The average Bonchev–Trinajstić information content (AvgIpc) is 2.95. The molecule has 0 radical (unpaired) electrons. The SMILES string of the molecule is C=C(C)C(=O)OCC1C[C@@H]2C3CC(CC3C)[C@@H]2C1. The van der Waals surface area contributed by atoms with E-state index in [9.17, 15) is 4.79 Å². The fourth-order valence-electron chi connectivity index (χ4n) is 4.98. The van der Waals surface area contributed by atoms with E-state index in [1.165, 1.54) is 25.7 Å². The van der Waals surface area contributed by atoms with E-state index >= 15 is 0 Å². The first-order valence-corrected chi connectivity index (χ1v) is 7.39. The second-order valence-corrected chi connectivity index (χ2v) is 6.92. The van der Waals surface area contributed by atoms with Crippen LogP contribution < -0.4 is 0 Å². The maximum atomic E-state index is 11.4. The molecule has 6 atom stereocenters. The molecule has 0 N–H and O–H groups in total. The lowest BCUT2D eigenvalue weighted by Crippen LogP contribution is -2.22. The molecule has 4 unspecified atom stereocenters. The van der Waals surface area contributed by atoms with Gasteiger partial charge in [-0.05, 0) is 68.1 Å². The third-order valence-corrected chi connectivity index (χ3v) is 5.70. The highest BCUT2D eigenvalue weighted by molar-refractivity contribution is 5.86. The highest BCUT2D eigenvalue weighted by Gasteiger charge is 2.54. The summed E-state index contributed by atoms with van der Waals surface area (Å²) in [5.41, 5.74) is 0.516. The molecule has 3 aliphatic rings. The van der Waals surface area contributed by atoms with Gasteiger partial charge in [-0.1, -0.05) is 13.5 Å². The van der Waals surface area contributed by atoms with Gasteiger partial charge in [-0.2, -0.15) is 0 Å². The summed E-state index contributed by atoms with van der Waals surface area (Å²) < 4.78 is 5.33. The first kappa shape index (κ1) is 12.3. The summed E-state index contributed by atoms with van der Waals surface area (Å²) in [6.45, 7) is 8.39. The van der Waals surface area contributed by atoms with Crippen molar-refractivity contribution in [1.29, 1.82) is 0 Å². The summed E-state index contributed by atoms with van der Waals surface area (Å²) in [5, 5.41) is 0. The van der Waals surface area contributed by atoms with Crippen LogP contribution in [0.15, 0.2) is 12.2 Å². The van der Waals surface area contributed by atoms with Crippen molar-refractivity contribution in [2.45, 2.75) is 39.5 Å². The predicted molar refractivity (Wildman–Crippen MR) is 70.9 cm³/mol. The normalized spacial score (nSPS) is 45.0. The molecule has 3 saturated carbocycles. The van der Waals surface area contributed by atoms with Crippen molar-refractivity contribution in [2.75, 3.05) is 6.61 Å². The predicted octanol–water partition coefficient (Wildman–Crippen LogP) is 3.42. The second kappa shape index (κ2) is 4.40. The zero-order valence-corrected chi connectivity index (χ0v) is 11.5. The average molecular weight is 248 g/mol. The van der Waals surface area contributed by atoms with Gasteiger partial charge in [-0.25, -0.2) is 4.79 Å². The number of ether oxygens (including phenoxy) is 1. The third kappa shape index (κ3) is 1.90. The first-order chi connectivity index (χ1) is 8.56. The molecule has 2 bridgehead atoms. The van der Waals surface area contributed by atoms with Gasteiger partial charge in [-0.3, -0.25) is 0 Å². The van der Waals surface area contributed by atoms with Gasteiger partial charge >= 0.3 is 5.97 Å². The Morgan fingerprint density at radius 2 is 1.89 bits per heavy atom. The van der Waals surface area contributed by atoms with E-state index in [0.29, 0.717) is 18.1 Å². The molecule has 2 heteroatoms. The molecule has 100 valence electrons. The molecular weight excluding hydrogens is 224 g/mol. The van der Waals surface area contributed by atoms with Crippen LogP contribution in [0, 0.1) is 35.5 Å². The maximum Gasteiger partial charge on any atom is 0.333 e. The summed E-state index contributed by atoms with van der Waals surface area (Å²) >= 11 is 0. The molecule has 0 aromatic heterocycles. The van der Waals surface area contributed by atoms with E-state index in [4.69, 9.17) is 4.74 Å². The van der Waals surface area contributed by atoms with E-state index in [2.05, 4.69) is 13.5 Å². The Bertz CT molecular complexity index is 373. The van der Waals surface area contributed by atoms with E-state index in [-0.39, 0.29) is 5.97 Å². The number of carbonyl (C=O) groups excluding carboxylic acids is 1. The van der Waals surface area contributed by atoms with Gasteiger partial charge < -0.3 is 4.74 Å². The summed E-state index contributed by atoms with van der Waals surface area (Å²) in [4.78, 5) is 11.4. The van der Waals surface area contributed by atoms with E-state index in [0.717, 1.165) is 29.6 Å². The smallest absolute Gasteiger partial charge is 0.333 e. The van der Waals surface area contributed by atoms with Gasteiger partial charge in [0.15, 0.2) is 0 Å². The second-order valence-electron chi connectivity index (χ2n) is 6.92. The molecule has 0 saturated heterocycles. The standard InChI is InChI=1S/C16H24O2/c1-9(2)16(17)18-8-11-5-14-12-4-10(3)13(7-12)15(14)6-11/h10-15H,1,4-8H2,2-3H3/t10?,11?,12?,13?,14-,15+/m0/s1. The molecular formula is C16H24O2. The molecule has 3 aliphatic carbocycles. The summed E-state index contributed by atoms with van der Waals surface area (Å²) in [7, 11) is 0. The monoisotopic (exact) mass is 248 g/mol. The molecule has 2 nitrogen and oxygen atoms in total. The molecule has 3 rings (SSSR count). The Kier molecular flexibility index (Phi) is 2.99. The minimum absolute atomic E-state index is 0.219. The van der Waals surface area contributed by atoms with Crippen molar-refractivity contribution < 1.29 is 9.53 Å². The number of rotatable bonds is 3. The van der Waals surface area contributed by atoms with E-state index < -0.39 is 0 Å². The summed E-state index contributed by atoms with van der Waals surface area (Å²) in [6.07, 6.45) is 5.51. The van der Waals surface area contributed by atoms with Crippen LogP contribution in [0.1, 0.15) is 39.5 Å². The molecule has 0 heterocycles. The highest BCUT2D eigenvalue weighted by atomic mass is 16.5. The zero-order chi connectivity index (χ0) is 12.9. The molecule has 0 amide bonds. The lowest BCUT2D eigenvalue weighted by molar-refractivity contribution is -0.140. The van der Waals surface area contributed by atoms with Crippen LogP contribution in [0.3, 0.4) is 0 Å². The van der Waals surface area contributed by atoms with Gasteiger partial charge in [0.05, 0.1) is 6.61 Å². The van der Waals surface area contributed by atoms with Crippen molar-refractivity contribution >= 4 is 5.97 Å². The summed E-state index contributed by atoms with van der Waals surface area (Å²) in [6, 6.07) is 0. The molecule has 0 aromatic carbocycles. The number of carbonyl (C=O) groups is 1. The van der Waals surface area contributed by atoms with Gasteiger partial charge in [0.2, 0.25) is 0 Å². The maximum absolute atomic E-state index is 11.4. The Labute approximate surface area is 110 Å². The molecule has 3 fully saturated rings. The number of hydrogen-bond acceptors (Lipinski definition) is 2. The first-order valence-electron chi connectivity index (χ1n) is 7.39. The minimum atomic E-state index is -0.219. The summed E-state index contributed by atoms with van der Waals surface area (Å²) in [5.74, 6) is 5.17. The highest BCUT2D eigenvalue weighted by Crippen LogP contribution is 2.61. The Morgan fingerprint density at radius 1 is 1.17 bits per heavy atom. The van der Waals surface area contributed by atoms with Crippen LogP contribution >= 0.6 is 0 Å². The molecule has 18 heavy (non-hydrogen) atoms. The molecule has 0 aromatic rings. The van der Waals surface area contributed by atoms with Gasteiger partial charge in [0, 0.05) is 5.57 Å². The van der Waals surface area contributed by atoms with Gasteiger partial charge in [0.25, 0.3) is 0 Å². The van der Waals surface area contributed by atoms with Crippen molar-refractivity contribution in [3.8, 4) is 0 Å². The number of fused-ring (bicyclic) bond motifs is 5. The lowest BCUT2D eigenvalue weighted by Gasteiger charge is -2.28. The van der Waals surface area contributed by atoms with Crippen molar-refractivity contribution in [2.24, 2.45) is 35.5 Å². The van der Waals surface area contributed by atoms with Gasteiger partial charge in [-0.15, -0.1) is 0 Å². The van der Waals surface area contributed by atoms with Gasteiger partial charge in [0.1, 0.15) is 0 Å². The number of hydrogen-bond donors (Lipinski definition) is 0. The van der Waals surface area contributed by atoms with Crippen molar-refractivity contribution in [1.82, 2.24) is 0 Å². The van der Waals surface area contributed by atoms with Crippen LogP contribution in [0.4, 0.5) is 0 Å².